The Morgan fingerprint density at radius 3 is 3.21 bits per heavy atom. The topological polar surface area (TPSA) is 53.9 Å². The summed E-state index contributed by atoms with van der Waals surface area (Å²) in [5.74, 6) is 1.63. The monoisotopic (exact) mass is 259 g/mol. The van der Waals surface area contributed by atoms with Gasteiger partial charge in [-0.15, -0.1) is 0 Å². The highest BCUT2D eigenvalue weighted by Gasteiger charge is 2.28. The molecule has 0 saturated carbocycles. The first-order valence-electron chi connectivity index (χ1n) is 6.65. The second kappa shape index (κ2) is 4.91. The predicted molar refractivity (Wildman–Crippen MR) is 73.6 cm³/mol. The third-order valence-electron chi connectivity index (χ3n) is 3.32. The lowest BCUT2D eigenvalue weighted by Gasteiger charge is -2.14. The van der Waals surface area contributed by atoms with E-state index in [2.05, 4.69) is 17.2 Å². The Bertz CT molecular complexity index is 539. The molecule has 19 heavy (non-hydrogen) atoms. The third-order valence-corrected chi connectivity index (χ3v) is 3.32. The first-order valence-corrected chi connectivity index (χ1v) is 6.65. The number of benzene rings is 1. The molecule has 2 aliphatic heterocycles. The average molecular weight is 259 g/mol. The van der Waals surface area contributed by atoms with Gasteiger partial charge in [-0.1, -0.05) is 6.92 Å². The second-order valence-electron chi connectivity index (χ2n) is 4.73. The average Bonchev–Trinajstić information content (AvgIpc) is 2.67. The van der Waals surface area contributed by atoms with Crippen molar-refractivity contribution in [3.63, 3.8) is 0 Å². The van der Waals surface area contributed by atoms with Crippen molar-refractivity contribution in [2.24, 2.45) is 4.99 Å². The number of nitrogens with one attached hydrogen (secondary N) is 1. The van der Waals surface area contributed by atoms with Crippen LogP contribution in [0.3, 0.4) is 0 Å². The van der Waals surface area contributed by atoms with Gasteiger partial charge >= 0.3 is 0 Å². The third kappa shape index (κ3) is 2.28. The number of aliphatic imine (C=N–C) groups is 1. The van der Waals surface area contributed by atoms with E-state index >= 15 is 0 Å². The number of fused-ring (bicyclic) bond motifs is 2. The zero-order valence-electron chi connectivity index (χ0n) is 11.0. The van der Waals surface area contributed by atoms with Crippen molar-refractivity contribution in [3.8, 4) is 5.75 Å². The molecule has 5 nitrogen and oxygen atoms in total. The van der Waals surface area contributed by atoms with Crippen molar-refractivity contribution in [2.45, 2.75) is 19.8 Å². The number of rotatable bonds is 3. The number of nitrogens with zero attached hydrogens (tertiary/aromatic N) is 2. The molecular weight excluding hydrogens is 242 g/mol. The molecule has 1 N–H and O–H groups in total. The number of carbonyl (C=O) groups excluding carboxylic acids is 1. The maximum Gasteiger partial charge on any atom is 0.251 e. The number of anilines is 1. The van der Waals surface area contributed by atoms with Crippen molar-refractivity contribution >= 4 is 17.6 Å². The summed E-state index contributed by atoms with van der Waals surface area (Å²) in [4.78, 5) is 17.6. The Labute approximate surface area is 112 Å². The van der Waals surface area contributed by atoms with Crippen molar-refractivity contribution in [2.75, 3.05) is 25.0 Å². The molecule has 2 aliphatic rings. The SMILES string of the molecule is CCCOc1ccc2c(c1)CCN1C(=O)CN=C1N2. The molecular formula is C14H17N3O2. The normalized spacial score (nSPS) is 17.2. The highest BCUT2D eigenvalue weighted by Crippen LogP contribution is 2.26. The summed E-state index contributed by atoms with van der Waals surface area (Å²) in [7, 11) is 0. The van der Waals surface area contributed by atoms with Crippen LogP contribution >= 0.6 is 0 Å². The first kappa shape index (κ1) is 12.0. The minimum atomic E-state index is 0.0674. The summed E-state index contributed by atoms with van der Waals surface area (Å²) >= 11 is 0. The molecule has 0 aromatic heterocycles. The van der Waals surface area contributed by atoms with E-state index in [0.717, 1.165) is 30.9 Å². The zero-order valence-corrected chi connectivity index (χ0v) is 11.0. The number of amides is 1. The van der Waals surface area contributed by atoms with Gasteiger partial charge in [0.1, 0.15) is 12.3 Å². The van der Waals surface area contributed by atoms with Crippen molar-refractivity contribution in [3.05, 3.63) is 23.8 Å². The van der Waals surface area contributed by atoms with E-state index in [0.29, 0.717) is 12.5 Å². The predicted octanol–water partition coefficient (Wildman–Crippen LogP) is 1.64. The molecule has 0 radical (unpaired) electrons. The van der Waals surface area contributed by atoms with Crippen LogP contribution in [0.15, 0.2) is 23.2 Å². The lowest BCUT2D eigenvalue weighted by atomic mass is 10.1. The zero-order chi connectivity index (χ0) is 13.2. The van der Waals surface area contributed by atoms with Gasteiger partial charge in [-0.05, 0) is 36.6 Å². The molecule has 0 atom stereocenters. The highest BCUT2D eigenvalue weighted by molar-refractivity contribution is 6.09. The van der Waals surface area contributed by atoms with E-state index in [1.165, 1.54) is 5.56 Å². The molecule has 5 heteroatoms. The maximum absolute atomic E-state index is 11.7. The molecule has 1 amide bonds. The van der Waals surface area contributed by atoms with Gasteiger partial charge in [-0.3, -0.25) is 9.69 Å². The number of ether oxygens (including phenoxy) is 1. The van der Waals surface area contributed by atoms with Crippen molar-refractivity contribution < 1.29 is 9.53 Å². The fourth-order valence-corrected chi connectivity index (χ4v) is 2.33. The quantitative estimate of drug-likeness (QED) is 0.897. The second-order valence-corrected chi connectivity index (χ2v) is 4.73. The van der Waals surface area contributed by atoms with E-state index in [9.17, 15) is 4.79 Å². The molecule has 2 heterocycles. The van der Waals surface area contributed by atoms with E-state index < -0.39 is 0 Å². The van der Waals surface area contributed by atoms with Crippen molar-refractivity contribution in [1.82, 2.24) is 4.90 Å². The van der Waals surface area contributed by atoms with E-state index in [4.69, 9.17) is 4.74 Å². The van der Waals surface area contributed by atoms with Gasteiger partial charge in [-0.25, -0.2) is 4.99 Å². The van der Waals surface area contributed by atoms with Gasteiger partial charge in [0.15, 0.2) is 0 Å². The van der Waals surface area contributed by atoms with Gasteiger partial charge in [-0.2, -0.15) is 0 Å². The molecule has 1 aromatic carbocycles. The molecule has 0 unspecified atom stereocenters. The maximum atomic E-state index is 11.7. The van der Waals surface area contributed by atoms with Crippen LogP contribution in [0.25, 0.3) is 0 Å². The van der Waals surface area contributed by atoms with Crippen LogP contribution in [0.4, 0.5) is 5.69 Å². The fraction of sp³-hybridized carbons (Fsp3) is 0.429. The molecule has 100 valence electrons. The summed E-state index contributed by atoms with van der Waals surface area (Å²) < 4.78 is 5.64. The largest absolute Gasteiger partial charge is 0.494 e. The highest BCUT2D eigenvalue weighted by atomic mass is 16.5. The van der Waals surface area contributed by atoms with Gasteiger partial charge < -0.3 is 10.1 Å². The molecule has 0 bridgehead atoms. The minimum Gasteiger partial charge on any atom is -0.494 e. The van der Waals surface area contributed by atoms with Gasteiger partial charge in [0.25, 0.3) is 5.91 Å². The Kier molecular flexibility index (Phi) is 3.11. The Morgan fingerprint density at radius 1 is 1.47 bits per heavy atom. The molecule has 1 aromatic rings. The molecule has 0 aliphatic carbocycles. The number of carbonyl (C=O) groups is 1. The Hall–Kier alpha value is -2.04. The number of hydrogen-bond donors (Lipinski definition) is 1. The van der Waals surface area contributed by atoms with E-state index in [1.807, 2.05) is 18.2 Å². The van der Waals surface area contributed by atoms with Gasteiger partial charge in [0, 0.05) is 12.2 Å². The van der Waals surface area contributed by atoms with Gasteiger partial charge in [0.05, 0.1) is 6.61 Å². The first-order chi connectivity index (χ1) is 9.28. The van der Waals surface area contributed by atoms with Gasteiger partial charge in [0.2, 0.25) is 5.96 Å². The Morgan fingerprint density at radius 2 is 2.37 bits per heavy atom. The van der Waals surface area contributed by atoms with Crippen LogP contribution < -0.4 is 10.1 Å². The Balaban J connectivity index is 1.84. The minimum absolute atomic E-state index is 0.0674. The van der Waals surface area contributed by atoms with E-state index in [1.54, 1.807) is 4.90 Å². The summed E-state index contributed by atoms with van der Waals surface area (Å²) in [5, 5.41) is 3.23. The molecule has 0 fully saturated rings. The van der Waals surface area contributed by atoms with E-state index in [-0.39, 0.29) is 12.5 Å². The molecule has 0 saturated heterocycles. The fourth-order valence-electron chi connectivity index (χ4n) is 2.33. The van der Waals surface area contributed by atoms with Crippen LogP contribution in [0, 0.1) is 0 Å². The van der Waals surface area contributed by atoms with Crippen molar-refractivity contribution in [1.29, 1.82) is 0 Å². The van der Waals surface area contributed by atoms with Crippen LogP contribution in [0.1, 0.15) is 18.9 Å². The summed E-state index contributed by atoms with van der Waals surface area (Å²) in [6, 6.07) is 5.99. The lowest BCUT2D eigenvalue weighted by molar-refractivity contribution is -0.124. The summed E-state index contributed by atoms with van der Waals surface area (Å²) in [6.07, 6.45) is 1.81. The standard InChI is InChI=1S/C14H17N3O2/c1-2-7-19-11-3-4-12-10(8-11)5-6-17-13(18)9-15-14(17)16-12/h3-4,8H,2,5-7,9H2,1H3,(H,15,16). The van der Waals surface area contributed by atoms with Crippen LogP contribution in [-0.4, -0.2) is 36.5 Å². The smallest absolute Gasteiger partial charge is 0.251 e. The molecule has 0 spiro atoms. The number of guanidine groups is 1. The van der Waals surface area contributed by atoms with Crippen LogP contribution in [0.5, 0.6) is 5.75 Å². The van der Waals surface area contributed by atoms with Crippen LogP contribution in [-0.2, 0) is 11.2 Å². The summed E-state index contributed by atoms with van der Waals surface area (Å²) in [5.41, 5.74) is 2.18. The van der Waals surface area contributed by atoms with Crippen LogP contribution in [0.2, 0.25) is 0 Å². The lowest BCUT2D eigenvalue weighted by Crippen LogP contribution is -2.36. The summed E-state index contributed by atoms with van der Waals surface area (Å²) in [6.45, 7) is 3.75. The number of hydrogen-bond acceptors (Lipinski definition) is 4. The molecule has 3 rings (SSSR count).